The maximum absolute atomic E-state index is 11.6. The fourth-order valence-electron chi connectivity index (χ4n) is 3.08. The van der Waals surface area contributed by atoms with Crippen molar-refractivity contribution in [3.63, 3.8) is 0 Å². The van der Waals surface area contributed by atoms with E-state index in [4.69, 9.17) is 4.74 Å². The monoisotopic (exact) mass is 325 g/mol. The number of hydrogen-bond donors (Lipinski definition) is 1. The van der Waals surface area contributed by atoms with Crippen molar-refractivity contribution >= 4 is 5.97 Å². The second-order valence-electron chi connectivity index (χ2n) is 6.25. The minimum atomic E-state index is -0.946. The van der Waals surface area contributed by atoms with Crippen LogP contribution in [0.4, 0.5) is 0 Å². The Kier molecular flexibility index (Phi) is 5.49. The Morgan fingerprint density at radius 1 is 1.00 bits per heavy atom. The predicted octanol–water partition coefficient (Wildman–Crippen LogP) is 3.95. The van der Waals surface area contributed by atoms with Crippen LogP contribution in [0.5, 0.6) is 5.75 Å². The van der Waals surface area contributed by atoms with Crippen LogP contribution < -0.4 is 4.74 Å². The lowest BCUT2D eigenvalue weighted by Gasteiger charge is -2.26. The summed E-state index contributed by atoms with van der Waals surface area (Å²) in [6, 6.07) is 15.3. The number of aromatic carboxylic acids is 1. The van der Waals surface area contributed by atoms with Crippen LogP contribution in [0.3, 0.4) is 0 Å². The molecule has 1 fully saturated rings. The molecule has 1 saturated heterocycles. The maximum atomic E-state index is 11.6. The first-order valence-electron chi connectivity index (χ1n) is 8.48. The minimum Gasteiger partial charge on any atom is -0.488 e. The summed E-state index contributed by atoms with van der Waals surface area (Å²) in [6.07, 6.45) is 3.75. The first-order chi connectivity index (χ1) is 11.7. The van der Waals surface area contributed by atoms with Gasteiger partial charge in [-0.05, 0) is 49.2 Å². The Labute approximate surface area is 142 Å². The van der Waals surface area contributed by atoms with Gasteiger partial charge in [0.25, 0.3) is 0 Å². The van der Waals surface area contributed by atoms with Gasteiger partial charge in [-0.15, -0.1) is 0 Å². The lowest BCUT2D eigenvalue weighted by Crippen LogP contribution is -2.29. The predicted molar refractivity (Wildman–Crippen MR) is 93.3 cm³/mol. The summed E-state index contributed by atoms with van der Waals surface area (Å²) in [4.78, 5) is 14.0. The molecule has 1 heterocycles. The molecule has 3 rings (SSSR count). The number of benzene rings is 2. The number of rotatable bonds is 6. The zero-order valence-corrected chi connectivity index (χ0v) is 13.8. The van der Waals surface area contributed by atoms with E-state index in [0.717, 1.165) is 30.8 Å². The molecule has 0 aliphatic carbocycles. The van der Waals surface area contributed by atoms with E-state index in [1.807, 2.05) is 36.4 Å². The average molecular weight is 325 g/mol. The molecule has 4 nitrogen and oxygen atoms in total. The topological polar surface area (TPSA) is 49.8 Å². The Morgan fingerprint density at radius 3 is 2.46 bits per heavy atom. The zero-order chi connectivity index (χ0) is 16.8. The minimum absolute atomic E-state index is 0.237. The third kappa shape index (κ3) is 4.36. The van der Waals surface area contributed by atoms with Gasteiger partial charge in [0.2, 0.25) is 0 Å². The molecule has 0 bridgehead atoms. The van der Waals surface area contributed by atoms with Gasteiger partial charge in [-0.1, -0.05) is 42.8 Å². The normalized spacial score (nSPS) is 15.2. The maximum Gasteiger partial charge on any atom is 0.339 e. The van der Waals surface area contributed by atoms with Crippen molar-refractivity contribution in [2.45, 2.75) is 32.4 Å². The highest BCUT2D eigenvalue weighted by Crippen LogP contribution is 2.23. The summed E-state index contributed by atoms with van der Waals surface area (Å²) in [5.74, 6) is -0.521. The second kappa shape index (κ2) is 7.97. The molecule has 2 aromatic carbocycles. The second-order valence-corrected chi connectivity index (χ2v) is 6.25. The van der Waals surface area contributed by atoms with Crippen LogP contribution in [0, 0.1) is 0 Å². The highest BCUT2D eigenvalue weighted by Gasteiger charge is 2.15. The van der Waals surface area contributed by atoms with Crippen molar-refractivity contribution in [3.05, 3.63) is 65.2 Å². The Morgan fingerprint density at radius 2 is 1.75 bits per heavy atom. The molecule has 24 heavy (non-hydrogen) atoms. The standard InChI is InChI=1S/C20H23NO3/c22-20(23)18-13-17(14-21-11-5-2-6-12-21)9-10-19(18)24-15-16-7-3-1-4-8-16/h1,3-4,7-10,13H,2,5-6,11-12,14-15H2,(H,22,23). The van der Waals surface area contributed by atoms with E-state index in [0.29, 0.717) is 12.4 Å². The smallest absolute Gasteiger partial charge is 0.339 e. The molecule has 0 aromatic heterocycles. The van der Waals surface area contributed by atoms with Crippen molar-refractivity contribution < 1.29 is 14.6 Å². The third-order valence-corrected chi connectivity index (χ3v) is 4.37. The van der Waals surface area contributed by atoms with Gasteiger partial charge in [0, 0.05) is 6.54 Å². The molecule has 2 aromatic rings. The van der Waals surface area contributed by atoms with E-state index in [9.17, 15) is 9.90 Å². The van der Waals surface area contributed by atoms with Gasteiger partial charge in [-0.3, -0.25) is 4.90 Å². The van der Waals surface area contributed by atoms with Crippen LogP contribution in [0.25, 0.3) is 0 Å². The molecule has 0 radical (unpaired) electrons. The van der Waals surface area contributed by atoms with Crippen LogP contribution in [-0.2, 0) is 13.2 Å². The SMILES string of the molecule is O=C(O)c1cc(CN2CCCCC2)ccc1OCc1ccccc1. The van der Waals surface area contributed by atoms with Gasteiger partial charge in [-0.2, -0.15) is 0 Å². The van der Waals surface area contributed by atoms with Crippen LogP contribution >= 0.6 is 0 Å². The van der Waals surface area contributed by atoms with Crippen molar-refractivity contribution in [2.24, 2.45) is 0 Å². The van der Waals surface area contributed by atoms with Crippen molar-refractivity contribution in [3.8, 4) is 5.75 Å². The molecule has 0 atom stereocenters. The number of carboxylic acid groups (broad SMARTS) is 1. The van der Waals surface area contributed by atoms with Gasteiger partial charge < -0.3 is 9.84 Å². The van der Waals surface area contributed by atoms with E-state index < -0.39 is 5.97 Å². The first kappa shape index (κ1) is 16.5. The van der Waals surface area contributed by atoms with Gasteiger partial charge >= 0.3 is 5.97 Å². The number of likely N-dealkylation sites (tertiary alicyclic amines) is 1. The summed E-state index contributed by atoms with van der Waals surface area (Å²) >= 11 is 0. The average Bonchev–Trinajstić information content (AvgIpc) is 2.62. The van der Waals surface area contributed by atoms with Crippen LogP contribution in [0.15, 0.2) is 48.5 Å². The zero-order valence-electron chi connectivity index (χ0n) is 13.8. The van der Waals surface area contributed by atoms with E-state index in [1.54, 1.807) is 12.1 Å². The number of carbonyl (C=O) groups is 1. The van der Waals surface area contributed by atoms with E-state index >= 15 is 0 Å². The molecule has 1 aliphatic rings. The molecule has 1 aliphatic heterocycles. The largest absolute Gasteiger partial charge is 0.488 e. The van der Waals surface area contributed by atoms with Crippen molar-refractivity contribution in [2.75, 3.05) is 13.1 Å². The summed E-state index contributed by atoms with van der Waals surface area (Å²) in [6.45, 7) is 3.36. The number of ether oxygens (including phenoxy) is 1. The summed E-state index contributed by atoms with van der Waals surface area (Å²) in [5, 5.41) is 9.50. The first-order valence-corrected chi connectivity index (χ1v) is 8.48. The van der Waals surface area contributed by atoms with Crippen molar-refractivity contribution in [1.29, 1.82) is 0 Å². The number of carboxylic acids is 1. The highest BCUT2D eigenvalue weighted by molar-refractivity contribution is 5.91. The quantitative estimate of drug-likeness (QED) is 0.874. The van der Waals surface area contributed by atoms with E-state index in [2.05, 4.69) is 4.90 Å². The van der Waals surface area contributed by atoms with Gasteiger partial charge in [0.05, 0.1) is 0 Å². The summed E-state index contributed by atoms with van der Waals surface area (Å²) in [7, 11) is 0. The summed E-state index contributed by atoms with van der Waals surface area (Å²) in [5.41, 5.74) is 2.29. The molecule has 4 heteroatoms. The molecule has 0 unspecified atom stereocenters. The Bertz CT molecular complexity index is 679. The van der Waals surface area contributed by atoms with Gasteiger partial charge in [-0.25, -0.2) is 4.79 Å². The van der Waals surface area contributed by atoms with Crippen molar-refractivity contribution in [1.82, 2.24) is 4.90 Å². The molecule has 1 N–H and O–H groups in total. The Hall–Kier alpha value is -2.33. The molecule has 0 spiro atoms. The van der Waals surface area contributed by atoms with Crippen LogP contribution in [0.1, 0.15) is 40.7 Å². The number of piperidine rings is 1. The third-order valence-electron chi connectivity index (χ3n) is 4.37. The molecule has 0 saturated carbocycles. The summed E-state index contributed by atoms with van der Waals surface area (Å²) < 4.78 is 5.74. The highest BCUT2D eigenvalue weighted by atomic mass is 16.5. The lowest BCUT2D eigenvalue weighted by molar-refractivity contribution is 0.0691. The number of nitrogens with zero attached hydrogens (tertiary/aromatic N) is 1. The van der Waals surface area contributed by atoms with E-state index in [-0.39, 0.29) is 5.56 Å². The Balaban J connectivity index is 1.70. The fraction of sp³-hybridized carbons (Fsp3) is 0.350. The van der Waals surface area contributed by atoms with Gasteiger partial charge in [0.1, 0.15) is 17.9 Å². The van der Waals surface area contributed by atoms with Crippen LogP contribution in [0.2, 0.25) is 0 Å². The lowest BCUT2D eigenvalue weighted by atomic mass is 10.1. The molecular formula is C20H23NO3. The fourth-order valence-corrected chi connectivity index (χ4v) is 3.08. The molecular weight excluding hydrogens is 302 g/mol. The van der Waals surface area contributed by atoms with Crippen LogP contribution in [-0.4, -0.2) is 29.1 Å². The number of hydrogen-bond acceptors (Lipinski definition) is 3. The van der Waals surface area contributed by atoms with E-state index in [1.165, 1.54) is 19.3 Å². The van der Waals surface area contributed by atoms with Gasteiger partial charge in [0.15, 0.2) is 0 Å². The molecule has 126 valence electrons. The molecule has 0 amide bonds.